The Bertz CT molecular complexity index is 701. The number of benzene rings is 1. The molecule has 0 unspecified atom stereocenters. The first-order chi connectivity index (χ1) is 13.3. The lowest BCUT2D eigenvalue weighted by Crippen LogP contribution is -2.53. The summed E-state index contributed by atoms with van der Waals surface area (Å²) in [5, 5.41) is 2.56. The number of hydrogen-bond acceptors (Lipinski definition) is 5. The smallest absolute Gasteiger partial charge is 0.408 e. The second-order valence-corrected chi connectivity index (χ2v) is 8.83. The maximum atomic E-state index is 13.6. The van der Waals surface area contributed by atoms with E-state index in [4.69, 9.17) is 14.2 Å². The lowest BCUT2D eigenvalue weighted by Gasteiger charge is -2.33. The van der Waals surface area contributed by atoms with Crippen LogP contribution >= 0.6 is 0 Å². The van der Waals surface area contributed by atoms with Crippen LogP contribution in [0.5, 0.6) is 5.75 Å². The van der Waals surface area contributed by atoms with E-state index in [9.17, 15) is 14.0 Å². The fourth-order valence-electron chi connectivity index (χ4n) is 3.16. The van der Waals surface area contributed by atoms with Gasteiger partial charge in [0.2, 0.25) is 0 Å². The van der Waals surface area contributed by atoms with Gasteiger partial charge < -0.3 is 24.3 Å². The molecule has 0 spiro atoms. The van der Waals surface area contributed by atoms with E-state index >= 15 is 0 Å². The third kappa shape index (κ3) is 7.65. The Hall–Kier alpha value is -2.15. The minimum absolute atomic E-state index is 0.0381. The second kappa shape index (κ2) is 10.1. The van der Waals surface area contributed by atoms with Crippen molar-refractivity contribution in [2.45, 2.75) is 71.6 Å². The number of halogens is 1. The topological polar surface area (TPSA) is 73.9 Å². The van der Waals surface area contributed by atoms with E-state index in [0.717, 1.165) is 5.56 Å². The number of aldehydes is 1. The molecule has 164 valence electrons. The molecule has 0 saturated heterocycles. The van der Waals surface area contributed by atoms with Crippen LogP contribution in [0.4, 0.5) is 9.18 Å². The molecule has 0 saturated carbocycles. The van der Waals surface area contributed by atoms with Crippen molar-refractivity contribution in [3.8, 4) is 5.75 Å². The minimum Gasteiger partial charge on any atom is -0.496 e. The molecule has 1 amide bonds. The van der Waals surface area contributed by atoms with E-state index < -0.39 is 17.2 Å². The van der Waals surface area contributed by atoms with Gasteiger partial charge in [-0.3, -0.25) is 0 Å². The van der Waals surface area contributed by atoms with Gasteiger partial charge in [0.25, 0.3) is 0 Å². The summed E-state index contributed by atoms with van der Waals surface area (Å²) in [4.78, 5) is 23.7. The molecule has 1 aromatic carbocycles. The number of rotatable bonds is 9. The summed E-state index contributed by atoms with van der Waals surface area (Å²) in [6.07, 6.45) is -0.384. The lowest BCUT2D eigenvalue weighted by atomic mass is 9.83. The van der Waals surface area contributed by atoms with Gasteiger partial charge in [-0.05, 0) is 46.6 Å². The van der Waals surface area contributed by atoms with E-state index in [2.05, 4.69) is 5.32 Å². The lowest BCUT2D eigenvalue weighted by molar-refractivity contribution is -0.116. The molecule has 0 aliphatic rings. The molecule has 29 heavy (non-hydrogen) atoms. The van der Waals surface area contributed by atoms with Crippen LogP contribution in [0.1, 0.15) is 59.9 Å². The van der Waals surface area contributed by atoms with Crippen LogP contribution in [-0.2, 0) is 14.3 Å². The monoisotopic (exact) mass is 411 g/mol. The van der Waals surface area contributed by atoms with Gasteiger partial charge in [-0.25, -0.2) is 9.18 Å². The van der Waals surface area contributed by atoms with Crippen LogP contribution in [-0.4, -0.2) is 43.3 Å². The Morgan fingerprint density at radius 1 is 1.21 bits per heavy atom. The summed E-state index contributed by atoms with van der Waals surface area (Å²) in [6.45, 7) is 12.7. The number of carbonyl (C=O) groups is 2. The average Bonchev–Trinajstić information content (AvgIpc) is 2.59. The third-order valence-electron chi connectivity index (χ3n) is 4.47. The Balaban J connectivity index is 2.94. The Morgan fingerprint density at radius 2 is 1.83 bits per heavy atom. The fraction of sp³-hybridized carbons (Fsp3) is 0.636. The maximum absolute atomic E-state index is 13.6. The molecule has 0 bridgehead atoms. The zero-order chi connectivity index (χ0) is 22.4. The van der Waals surface area contributed by atoms with Gasteiger partial charge in [0.15, 0.2) is 0 Å². The molecule has 6 nitrogen and oxygen atoms in total. The zero-order valence-electron chi connectivity index (χ0n) is 18.7. The summed E-state index contributed by atoms with van der Waals surface area (Å²) in [6, 6.07) is 4.42. The van der Waals surface area contributed by atoms with Gasteiger partial charge in [-0.2, -0.15) is 0 Å². The first kappa shape index (κ1) is 24.9. The Labute approximate surface area is 173 Å². The molecule has 0 aliphatic carbocycles. The molecule has 0 aliphatic heterocycles. The number of methoxy groups -OCH3 is 1. The summed E-state index contributed by atoms with van der Waals surface area (Å²) in [5.41, 5.74) is -1.10. The molecule has 1 aromatic rings. The van der Waals surface area contributed by atoms with Crippen LogP contribution in [0, 0.1) is 11.7 Å². The molecule has 3 atom stereocenters. The average molecular weight is 412 g/mol. The van der Waals surface area contributed by atoms with E-state index in [1.54, 1.807) is 33.8 Å². The van der Waals surface area contributed by atoms with Gasteiger partial charge in [-0.15, -0.1) is 0 Å². The first-order valence-electron chi connectivity index (χ1n) is 9.74. The molecular weight excluding hydrogens is 377 g/mol. The molecule has 0 fully saturated rings. The van der Waals surface area contributed by atoms with E-state index in [-0.39, 0.29) is 30.4 Å². The van der Waals surface area contributed by atoms with Crippen LogP contribution in [0.3, 0.4) is 0 Å². The first-order valence-corrected chi connectivity index (χ1v) is 9.74. The minimum atomic E-state index is -1.25. The van der Waals surface area contributed by atoms with Crippen molar-refractivity contribution in [1.29, 1.82) is 0 Å². The molecule has 7 heteroatoms. The highest BCUT2D eigenvalue weighted by Crippen LogP contribution is 2.36. The zero-order valence-corrected chi connectivity index (χ0v) is 18.7. The largest absolute Gasteiger partial charge is 0.496 e. The number of amides is 1. The predicted octanol–water partition coefficient (Wildman–Crippen LogP) is 4.46. The van der Waals surface area contributed by atoms with Gasteiger partial charge in [-0.1, -0.05) is 19.9 Å². The number of alkyl carbamates (subject to hydrolysis) is 1. The molecule has 0 heterocycles. The molecule has 1 rings (SSSR count). The number of nitrogens with one attached hydrogen (secondary N) is 1. The van der Waals surface area contributed by atoms with E-state index in [0.29, 0.717) is 12.0 Å². The number of ether oxygens (including phenoxy) is 3. The van der Waals surface area contributed by atoms with Crippen molar-refractivity contribution in [1.82, 2.24) is 5.32 Å². The van der Waals surface area contributed by atoms with Gasteiger partial charge in [0.05, 0.1) is 19.8 Å². The maximum Gasteiger partial charge on any atom is 0.408 e. The van der Waals surface area contributed by atoms with Gasteiger partial charge in [0, 0.05) is 17.5 Å². The molecule has 0 radical (unpaired) electrons. The molecule has 1 N–H and O–H groups in total. The summed E-state index contributed by atoms with van der Waals surface area (Å²) >= 11 is 0. The molecular formula is C22H34FNO5. The van der Waals surface area contributed by atoms with Crippen molar-refractivity contribution in [2.75, 3.05) is 13.7 Å². The standard InChI is InChI=1S/C22H34FNO5/c1-14(2)19(17-10-9-16(23)11-18(17)27-8)15(3)28-13-22(7,12-25)24-20(26)29-21(4,5)6/h9-12,14-15,19H,13H2,1-8H3,(H,24,26)/t15-,19-,22+/m0/s1. The number of hydrogen-bond donors (Lipinski definition) is 1. The normalized spacial score (nSPS) is 15.9. The molecule has 0 aromatic heterocycles. The van der Waals surface area contributed by atoms with Crippen molar-refractivity contribution in [3.05, 3.63) is 29.6 Å². The highest BCUT2D eigenvalue weighted by atomic mass is 19.1. The second-order valence-electron chi connectivity index (χ2n) is 8.83. The fourth-order valence-corrected chi connectivity index (χ4v) is 3.16. The van der Waals surface area contributed by atoms with Crippen LogP contribution in [0.2, 0.25) is 0 Å². The Morgan fingerprint density at radius 3 is 2.31 bits per heavy atom. The highest BCUT2D eigenvalue weighted by Gasteiger charge is 2.32. The third-order valence-corrected chi connectivity index (χ3v) is 4.47. The highest BCUT2D eigenvalue weighted by molar-refractivity contribution is 5.76. The predicted molar refractivity (Wildman–Crippen MR) is 110 cm³/mol. The Kier molecular flexibility index (Phi) is 8.63. The van der Waals surface area contributed by atoms with Crippen molar-refractivity contribution < 1.29 is 28.2 Å². The SMILES string of the molecule is COc1cc(F)ccc1[C@@H](C(C)C)[C@H](C)OC[C@@](C)(C=O)NC(=O)OC(C)(C)C. The van der Waals surface area contributed by atoms with Crippen LogP contribution < -0.4 is 10.1 Å². The van der Waals surface area contributed by atoms with Gasteiger partial charge >= 0.3 is 6.09 Å². The summed E-state index contributed by atoms with van der Waals surface area (Å²) in [7, 11) is 1.50. The van der Waals surface area contributed by atoms with Crippen LogP contribution in [0.25, 0.3) is 0 Å². The summed E-state index contributed by atoms with van der Waals surface area (Å²) < 4.78 is 30.1. The van der Waals surface area contributed by atoms with E-state index in [1.807, 2.05) is 20.8 Å². The van der Waals surface area contributed by atoms with Crippen molar-refractivity contribution >= 4 is 12.4 Å². The van der Waals surface area contributed by atoms with Crippen LogP contribution in [0.15, 0.2) is 18.2 Å². The van der Waals surface area contributed by atoms with Crippen molar-refractivity contribution in [2.24, 2.45) is 5.92 Å². The van der Waals surface area contributed by atoms with E-state index in [1.165, 1.54) is 19.2 Å². The number of carbonyl (C=O) groups excluding carboxylic acids is 2. The summed E-state index contributed by atoms with van der Waals surface area (Å²) in [5.74, 6) is 0.120. The van der Waals surface area contributed by atoms with Gasteiger partial charge in [0.1, 0.15) is 29.0 Å². The van der Waals surface area contributed by atoms with Crippen molar-refractivity contribution in [3.63, 3.8) is 0 Å². The quantitative estimate of drug-likeness (QED) is 0.607.